The molecule has 26 heavy (non-hydrogen) atoms. The highest BCUT2D eigenvalue weighted by Crippen LogP contribution is 2.28. The van der Waals surface area contributed by atoms with E-state index in [2.05, 4.69) is 4.74 Å². The minimum atomic E-state index is -2.30. The van der Waals surface area contributed by atoms with Crippen molar-refractivity contribution in [1.29, 1.82) is 0 Å². The molecule has 0 unspecified atom stereocenters. The number of nitrogens with zero attached hydrogens (tertiary/aromatic N) is 1. The van der Waals surface area contributed by atoms with Gasteiger partial charge in [0, 0.05) is 0 Å². The minimum Gasteiger partial charge on any atom is -0.469 e. The molecule has 1 fully saturated rings. The zero-order valence-electron chi connectivity index (χ0n) is 14.0. The van der Waals surface area contributed by atoms with E-state index < -0.39 is 46.7 Å². The number of carbonyl (C=O) groups is 2. The Bertz CT molecular complexity index is 691. The molecule has 0 saturated carbocycles. The van der Waals surface area contributed by atoms with Crippen LogP contribution in [0.3, 0.4) is 0 Å². The quantitative estimate of drug-likeness (QED) is 0.378. The van der Waals surface area contributed by atoms with Crippen molar-refractivity contribution in [3.63, 3.8) is 0 Å². The second-order valence-corrected chi connectivity index (χ2v) is 5.94. The maximum atomic E-state index is 13.6. The molecule has 2 rings (SSSR count). The summed E-state index contributed by atoms with van der Waals surface area (Å²) in [4.78, 5) is 25.3. The average molecular weight is 380 g/mol. The molecule has 1 aliphatic rings. The van der Waals surface area contributed by atoms with Gasteiger partial charge in [-0.05, 0) is 32.9 Å². The molecule has 1 atom stereocenters. The molecule has 0 radical (unpaired) electrons. The molecule has 10 heteroatoms. The zero-order chi connectivity index (χ0) is 19.6. The van der Waals surface area contributed by atoms with Crippen molar-refractivity contribution in [3.8, 4) is 0 Å². The molecular weight excluding hydrogens is 363 g/mol. The van der Waals surface area contributed by atoms with E-state index >= 15 is 0 Å². The first-order valence-corrected chi connectivity index (χ1v) is 7.83. The number of methoxy groups -OCH3 is 1. The standard InChI is InChI=1S/C16H17F5N2O3/c1-7(23-5-3-8(4-6-23)16(25)26-2)15(24)22-14-12(20)10(18)9(17)11(19)13(14)21/h7-8H,3-6H2,1-2H3,(H,22,24)/t7-/m0/s1. The number of carbonyl (C=O) groups excluding carboxylic acids is 2. The SMILES string of the molecule is COC(=O)C1CCN([C@@H](C)C(=O)Nc2c(F)c(F)c(F)c(F)c2F)CC1. The van der Waals surface area contributed by atoms with Crippen LogP contribution in [0.15, 0.2) is 0 Å². The predicted molar refractivity (Wildman–Crippen MR) is 80.6 cm³/mol. The highest BCUT2D eigenvalue weighted by Gasteiger charge is 2.32. The molecule has 0 aromatic heterocycles. The summed E-state index contributed by atoms with van der Waals surface area (Å²) < 4.78 is 71.4. The van der Waals surface area contributed by atoms with Gasteiger partial charge in [0.2, 0.25) is 11.7 Å². The van der Waals surface area contributed by atoms with Crippen LogP contribution in [-0.4, -0.2) is 43.0 Å². The largest absolute Gasteiger partial charge is 0.469 e. The maximum Gasteiger partial charge on any atom is 0.308 e. The lowest BCUT2D eigenvalue weighted by Crippen LogP contribution is -2.47. The monoisotopic (exact) mass is 380 g/mol. The number of benzene rings is 1. The van der Waals surface area contributed by atoms with Crippen LogP contribution < -0.4 is 5.32 Å². The van der Waals surface area contributed by atoms with E-state index in [0.717, 1.165) is 0 Å². The number of nitrogens with one attached hydrogen (secondary N) is 1. The second-order valence-electron chi connectivity index (χ2n) is 5.94. The molecule has 0 bridgehead atoms. The Hall–Kier alpha value is -2.23. The molecule has 1 heterocycles. The Balaban J connectivity index is 2.08. The number of hydrogen-bond acceptors (Lipinski definition) is 4. The Labute approximate surface area is 146 Å². The van der Waals surface area contributed by atoms with Crippen LogP contribution in [-0.2, 0) is 14.3 Å². The van der Waals surface area contributed by atoms with Gasteiger partial charge in [-0.3, -0.25) is 14.5 Å². The normalized spacial score (nSPS) is 17.0. The van der Waals surface area contributed by atoms with Gasteiger partial charge in [0.15, 0.2) is 23.3 Å². The summed E-state index contributed by atoms with van der Waals surface area (Å²) in [7, 11) is 1.27. The van der Waals surface area contributed by atoms with E-state index in [4.69, 9.17) is 0 Å². The van der Waals surface area contributed by atoms with Crippen molar-refractivity contribution in [1.82, 2.24) is 4.90 Å². The Kier molecular flexibility index (Phi) is 6.17. The number of ether oxygens (including phenoxy) is 1. The van der Waals surface area contributed by atoms with E-state index in [1.54, 1.807) is 10.2 Å². The summed E-state index contributed by atoms with van der Waals surface area (Å²) >= 11 is 0. The van der Waals surface area contributed by atoms with Gasteiger partial charge in [0.05, 0.1) is 19.1 Å². The fourth-order valence-electron chi connectivity index (χ4n) is 2.80. The van der Waals surface area contributed by atoms with Crippen molar-refractivity contribution in [2.75, 3.05) is 25.5 Å². The third-order valence-corrected chi connectivity index (χ3v) is 4.45. The predicted octanol–water partition coefficient (Wildman–Crippen LogP) is 2.59. The van der Waals surface area contributed by atoms with Gasteiger partial charge in [-0.25, -0.2) is 22.0 Å². The molecular formula is C16H17F5N2O3. The van der Waals surface area contributed by atoms with E-state index in [-0.39, 0.29) is 11.9 Å². The molecule has 1 N–H and O–H groups in total. The Morgan fingerprint density at radius 2 is 1.46 bits per heavy atom. The molecule has 0 spiro atoms. The van der Waals surface area contributed by atoms with Gasteiger partial charge < -0.3 is 10.1 Å². The summed E-state index contributed by atoms with van der Waals surface area (Å²) in [5, 5.41) is 1.76. The van der Waals surface area contributed by atoms with Gasteiger partial charge in [0.1, 0.15) is 5.69 Å². The van der Waals surface area contributed by atoms with E-state index in [0.29, 0.717) is 25.9 Å². The van der Waals surface area contributed by atoms with Crippen molar-refractivity contribution < 1.29 is 36.3 Å². The summed E-state index contributed by atoms with van der Waals surface area (Å²) in [5.41, 5.74) is -1.39. The Morgan fingerprint density at radius 3 is 1.92 bits per heavy atom. The van der Waals surface area contributed by atoms with Crippen LogP contribution in [0.25, 0.3) is 0 Å². The Morgan fingerprint density at radius 1 is 1.00 bits per heavy atom. The number of rotatable bonds is 4. The van der Waals surface area contributed by atoms with Crippen LogP contribution in [0.4, 0.5) is 27.6 Å². The van der Waals surface area contributed by atoms with Crippen LogP contribution in [0, 0.1) is 35.0 Å². The first-order chi connectivity index (χ1) is 12.2. The third-order valence-electron chi connectivity index (χ3n) is 4.45. The van der Waals surface area contributed by atoms with Crippen molar-refractivity contribution in [2.24, 2.45) is 5.92 Å². The highest BCUT2D eigenvalue weighted by atomic mass is 19.2. The van der Waals surface area contributed by atoms with Crippen LogP contribution in [0.5, 0.6) is 0 Å². The molecule has 1 amide bonds. The van der Waals surface area contributed by atoms with E-state index in [9.17, 15) is 31.5 Å². The summed E-state index contributed by atoms with van der Waals surface area (Å²) in [6.07, 6.45) is 0.847. The van der Waals surface area contributed by atoms with Crippen molar-refractivity contribution in [2.45, 2.75) is 25.8 Å². The lowest BCUT2D eigenvalue weighted by atomic mass is 9.96. The van der Waals surface area contributed by atoms with Crippen LogP contribution in [0.1, 0.15) is 19.8 Å². The molecule has 1 saturated heterocycles. The van der Waals surface area contributed by atoms with Gasteiger partial charge in [-0.1, -0.05) is 0 Å². The maximum absolute atomic E-state index is 13.6. The summed E-state index contributed by atoms with van der Waals surface area (Å²) in [6, 6.07) is -0.899. The fraction of sp³-hybridized carbons (Fsp3) is 0.500. The lowest BCUT2D eigenvalue weighted by molar-refractivity contribution is -0.147. The lowest BCUT2D eigenvalue weighted by Gasteiger charge is -2.34. The van der Waals surface area contributed by atoms with Gasteiger partial charge in [-0.15, -0.1) is 0 Å². The molecule has 1 aromatic rings. The number of piperidine rings is 1. The van der Waals surface area contributed by atoms with E-state index in [1.165, 1.54) is 14.0 Å². The van der Waals surface area contributed by atoms with Gasteiger partial charge in [0.25, 0.3) is 0 Å². The summed E-state index contributed by atoms with van der Waals surface area (Å²) in [6.45, 7) is 2.11. The zero-order valence-corrected chi connectivity index (χ0v) is 14.0. The molecule has 144 valence electrons. The molecule has 1 aromatic carbocycles. The van der Waals surface area contributed by atoms with Gasteiger partial charge >= 0.3 is 5.97 Å². The fourth-order valence-corrected chi connectivity index (χ4v) is 2.80. The third kappa shape index (κ3) is 3.79. The van der Waals surface area contributed by atoms with E-state index in [1.807, 2.05) is 0 Å². The second kappa shape index (κ2) is 7.98. The van der Waals surface area contributed by atoms with Crippen molar-refractivity contribution in [3.05, 3.63) is 29.1 Å². The number of halogens is 5. The van der Waals surface area contributed by atoms with Crippen LogP contribution >= 0.6 is 0 Å². The number of likely N-dealkylation sites (tertiary alicyclic amines) is 1. The smallest absolute Gasteiger partial charge is 0.308 e. The highest BCUT2D eigenvalue weighted by molar-refractivity contribution is 5.94. The number of amides is 1. The number of esters is 1. The number of hydrogen-bond donors (Lipinski definition) is 1. The van der Waals surface area contributed by atoms with Crippen molar-refractivity contribution >= 4 is 17.6 Å². The molecule has 1 aliphatic heterocycles. The molecule has 5 nitrogen and oxygen atoms in total. The minimum absolute atomic E-state index is 0.304. The van der Waals surface area contributed by atoms with Crippen LogP contribution in [0.2, 0.25) is 0 Å². The van der Waals surface area contributed by atoms with Gasteiger partial charge in [-0.2, -0.15) is 0 Å². The first kappa shape index (κ1) is 20.1. The molecule has 0 aliphatic carbocycles. The first-order valence-electron chi connectivity index (χ1n) is 7.83. The topological polar surface area (TPSA) is 58.6 Å². The number of anilines is 1. The summed E-state index contributed by atoms with van der Waals surface area (Å²) in [5.74, 6) is -12.4. The average Bonchev–Trinajstić information content (AvgIpc) is 2.66.